The molecule has 1 atom stereocenters. The normalized spacial score (nSPS) is 25.4. The standard InChI is InChI=1S/C13H22F2N2O3S/c1-9(2)7-16-10(3)11(4)21(19,20)17-6-5-12(18)13(14,15)8-17/h7,9,12,18H,5-6,8H2,1-4H3. The number of aliphatic hydroxyl groups excluding tert-OH is 1. The molecule has 0 aromatic carbocycles. The zero-order valence-electron chi connectivity index (χ0n) is 12.7. The number of piperidine rings is 1. The zero-order valence-corrected chi connectivity index (χ0v) is 13.5. The van der Waals surface area contributed by atoms with E-state index in [0.717, 1.165) is 0 Å². The van der Waals surface area contributed by atoms with Crippen molar-refractivity contribution in [2.24, 2.45) is 10.9 Å². The van der Waals surface area contributed by atoms with Gasteiger partial charge in [0.05, 0.1) is 17.1 Å². The predicted molar refractivity (Wildman–Crippen MR) is 77.8 cm³/mol. The molecule has 1 rings (SSSR count). The van der Waals surface area contributed by atoms with Crippen molar-refractivity contribution in [3.05, 3.63) is 10.6 Å². The average Bonchev–Trinajstić information content (AvgIpc) is 2.37. The van der Waals surface area contributed by atoms with E-state index >= 15 is 0 Å². The minimum absolute atomic E-state index is 0.0495. The van der Waals surface area contributed by atoms with E-state index in [-0.39, 0.29) is 29.5 Å². The van der Waals surface area contributed by atoms with Crippen LogP contribution in [0.5, 0.6) is 0 Å². The number of hydrogen-bond donors (Lipinski definition) is 1. The summed E-state index contributed by atoms with van der Waals surface area (Å²) in [5.74, 6) is -3.27. The third-order valence-corrected chi connectivity index (χ3v) is 5.39. The molecule has 0 aromatic heterocycles. The number of alkyl halides is 2. The number of sulfonamides is 1. The molecule has 1 saturated heterocycles. The van der Waals surface area contributed by atoms with E-state index in [0.29, 0.717) is 4.31 Å². The lowest BCUT2D eigenvalue weighted by Gasteiger charge is -2.35. The largest absolute Gasteiger partial charge is 0.387 e. The van der Waals surface area contributed by atoms with E-state index in [1.54, 1.807) is 6.21 Å². The first-order chi connectivity index (χ1) is 9.48. The Morgan fingerprint density at radius 1 is 1.43 bits per heavy atom. The molecule has 1 N–H and O–H groups in total. The van der Waals surface area contributed by atoms with E-state index in [1.165, 1.54) is 13.8 Å². The van der Waals surface area contributed by atoms with E-state index in [9.17, 15) is 22.3 Å². The second kappa shape index (κ2) is 6.50. The van der Waals surface area contributed by atoms with Gasteiger partial charge in [-0.1, -0.05) is 13.8 Å². The van der Waals surface area contributed by atoms with Gasteiger partial charge >= 0.3 is 0 Å². The predicted octanol–water partition coefficient (Wildman–Crippen LogP) is 2.00. The van der Waals surface area contributed by atoms with Crippen molar-refractivity contribution in [1.29, 1.82) is 0 Å². The van der Waals surface area contributed by atoms with Gasteiger partial charge in [-0.3, -0.25) is 4.99 Å². The molecule has 8 heteroatoms. The third-order valence-electron chi connectivity index (χ3n) is 3.33. The van der Waals surface area contributed by atoms with Crippen LogP contribution in [0.2, 0.25) is 0 Å². The van der Waals surface area contributed by atoms with Crippen molar-refractivity contribution >= 4 is 16.2 Å². The molecular weight excluding hydrogens is 302 g/mol. The van der Waals surface area contributed by atoms with Gasteiger partial charge in [0.25, 0.3) is 5.92 Å². The molecular formula is C13H22F2N2O3S. The van der Waals surface area contributed by atoms with Gasteiger partial charge in [-0.15, -0.1) is 0 Å². The molecule has 0 aromatic rings. The highest BCUT2D eigenvalue weighted by Gasteiger charge is 2.47. The Hall–Kier alpha value is -0.860. The van der Waals surface area contributed by atoms with Crippen LogP contribution in [0.3, 0.4) is 0 Å². The first-order valence-electron chi connectivity index (χ1n) is 6.76. The first kappa shape index (κ1) is 18.2. The van der Waals surface area contributed by atoms with E-state index in [1.807, 2.05) is 13.8 Å². The van der Waals surface area contributed by atoms with E-state index in [2.05, 4.69) is 4.99 Å². The molecule has 0 spiro atoms. The van der Waals surface area contributed by atoms with Crippen LogP contribution in [0.1, 0.15) is 34.1 Å². The van der Waals surface area contributed by atoms with Gasteiger partial charge in [0, 0.05) is 12.8 Å². The second-order valence-corrected chi connectivity index (χ2v) is 7.65. The van der Waals surface area contributed by atoms with Crippen LogP contribution in [0.25, 0.3) is 0 Å². The molecule has 0 saturated carbocycles. The molecule has 1 aliphatic heterocycles. The Morgan fingerprint density at radius 3 is 2.48 bits per heavy atom. The van der Waals surface area contributed by atoms with Crippen molar-refractivity contribution in [2.75, 3.05) is 13.1 Å². The van der Waals surface area contributed by atoms with Crippen LogP contribution in [-0.4, -0.2) is 49.2 Å². The summed E-state index contributed by atoms with van der Waals surface area (Å²) in [6, 6.07) is 0. The van der Waals surface area contributed by atoms with Crippen LogP contribution >= 0.6 is 0 Å². The minimum atomic E-state index is -4.00. The topological polar surface area (TPSA) is 70.0 Å². The van der Waals surface area contributed by atoms with Gasteiger partial charge in [0.1, 0.15) is 6.10 Å². The zero-order chi connectivity index (χ0) is 16.4. The van der Waals surface area contributed by atoms with Gasteiger partial charge in [-0.05, 0) is 26.2 Å². The lowest BCUT2D eigenvalue weighted by Crippen LogP contribution is -2.53. The first-order valence-corrected chi connectivity index (χ1v) is 8.20. The highest BCUT2D eigenvalue weighted by Crippen LogP contribution is 2.31. The maximum absolute atomic E-state index is 13.5. The van der Waals surface area contributed by atoms with Crippen molar-refractivity contribution in [3.8, 4) is 0 Å². The summed E-state index contributed by atoms with van der Waals surface area (Å²) < 4.78 is 52.4. The van der Waals surface area contributed by atoms with Crippen LogP contribution in [0, 0.1) is 5.92 Å². The molecule has 1 unspecified atom stereocenters. The number of aliphatic imine (C=N–C) groups is 1. The monoisotopic (exact) mass is 324 g/mol. The number of hydrogen-bond acceptors (Lipinski definition) is 4. The van der Waals surface area contributed by atoms with Gasteiger partial charge in [0.2, 0.25) is 10.0 Å². The third kappa shape index (κ3) is 4.31. The molecule has 1 fully saturated rings. The summed E-state index contributed by atoms with van der Waals surface area (Å²) in [5.41, 5.74) is 0.276. The fourth-order valence-electron chi connectivity index (χ4n) is 1.83. The Bertz CT molecular complexity index is 542. The molecule has 21 heavy (non-hydrogen) atoms. The Labute approximate surface area is 124 Å². The fourth-order valence-corrected chi connectivity index (χ4v) is 3.34. The van der Waals surface area contributed by atoms with Gasteiger partial charge < -0.3 is 5.11 Å². The van der Waals surface area contributed by atoms with Crippen LogP contribution in [-0.2, 0) is 10.0 Å². The summed E-state index contributed by atoms with van der Waals surface area (Å²) >= 11 is 0. The van der Waals surface area contributed by atoms with Crippen LogP contribution < -0.4 is 0 Å². The quantitative estimate of drug-likeness (QED) is 0.804. The van der Waals surface area contributed by atoms with Gasteiger partial charge in [-0.2, -0.15) is 4.31 Å². The van der Waals surface area contributed by atoms with Gasteiger partial charge in [-0.25, -0.2) is 17.2 Å². The second-order valence-electron chi connectivity index (χ2n) is 5.57. The highest BCUT2D eigenvalue weighted by molar-refractivity contribution is 7.93. The molecule has 122 valence electrons. The Balaban J connectivity index is 3.03. The number of nitrogens with zero attached hydrogens (tertiary/aromatic N) is 2. The minimum Gasteiger partial charge on any atom is -0.387 e. The van der Waals surface area contributed by atoms with E-state index < -0.39 is 28.6 Å². The molecule has 5 nitrogen and oxygen atoms in total. The summed E-state index contributed by atoms with van der Waals surface area (Å²) in [6.45, 7) is 5.54. The molecule has 0 bridgehead atoms. The molecule has 0 radical (unpaired) electrons. The summed E-state index contributed by atoms with van der Waals surface area (Å²) in [5, 5.41) is 9.21. The van der Waals surface area contributed by atoms with Crippen molar-refractivity contribution in [1.82, 2.24) is 4.31 Å². The fraction of sp³-hybridized carbons (Fsp3) is 0.769. The number of halogens is 2. The number of allylic oxidation sites excluding steroid dienone is 2. The lowest BCUT2D eigenvalue weighted by molar-refractivity contribution is -0.136. The molecule has 1 aliphatic rings. The maximum Gasteiger partial charge on any atom is 0.286 e. The number of aliphatic hydroxyl groups is 1. The van der Waals surface area contributed by atoms with Crippen molar-refractivity contribution in [3.63, 3.8) is 0 Å². The Kier molecular flexibility index (Phi) is 5.63. The van der Waals surface area contributed by atoms with Crippen molar-refractivity contribution < 1.29 is 22.3 Å². The van der Waals surface area contributed by atoms with Crippen LogP contribution in [0.4, 0.5) is 8.78 Å². The summed E-state index contributed by atoms with van der Waals surface area (Å²) in [7, 11) is -4.00. The average molecular weight is 324 g/mol. The Morgan fingerprint density at radius 2 is 2.00 bits per heavy atom. The molecule has 0 aliphatic carbocycles. The summed E-state index contributed by atoms with van der Waals surface area (Å²) in [4.78, 5) is 4.00. The SMILES string of the molecule is CC(N=CC(C)C)=C(C)S(=O)(=O)N1CCC(O)C(F)(F)C1. The van der Waals surface area contributed by atoms with Crippen LogP contribution in [0.15, 0.2) is 15.6 Å². The highest BCUT2D eigenvalue weighted by atomic mass is 32.2. The summed E-state index contributed by atoms with van der Waals surface area (Å²) in [6.07, 6.45) is -0.482. The smallest absolute Gasteiger partial charge is 0.286 e. The molecule has 0 amide bonds. The van der Waals surface area contributed by atoms with Crippen molar-refractivity contribution in [2.45, 2.75) is 46.1 Å². The van der Waals surface area contributed by atoms with Gasteiger partial charge in [0.15, 0.2) is 0 Å². The lowest BCUT2D eigenvalue weighted by atomic mass is 10.1. The molecule has 1 heterocycles. The number of rotatable bonds is 4. The maximum atomic E-state index is 13.5. The van der Waals surface area contributed by atoms with E-state index in [4.69, 9.17) is 0 Å².